The number of halogens is 1. The van der Waals surface area contributed by atoms with Crippen LogP contribution in [0.4, 0.5) is 14.9 Å². The zero-order valence-electron chi connectivity index (χ0n) is 18.0. The number of carbonyl (C=O) groups is 2. The number of hydrogen-bond donors (Lipinski definition) is 1. The lowest BCUT2D eigenvalue weighted by atomic mass is 9.68. The SMILES string of the molecule is O=C(Nc1ccccc1F)N1CCC(N2C(=O)C(OCC3CC3)C23CCCCC3)CC1. The molecule has 0 radical (unpaired) electrons. The molecule has 2 heterocycles. The topological polar surface area (TPSA) is 61.9 Å². The number of benzene rings is 1. The Balaban J connectivity index is 1.20. The Morgan fingerprint density at radius 1 is 1.10 bits per heavy atom. The Kier molecular flexibility index (Phi) is 5.63. The van der Waals surface area contributed by atoms with Crippen molar-refractivity contribution in [2.45, 2.75) is 75.5 Å². The number of amides is 3. The van der Waals surface area contributed by atoms with E-state index in [1.54, 1.807) is 23.1 Å². The molecule has 31 heavy (non-hydrogen) atoms. The summed E-state index contributed by atoms with van der Waals surface area (Å²) in [7, 11) is 0. The van der Waals surface area contributed by atoms with Crippen LogP contribution in [-0.4, -0.2) is 59.1 Å². The first kappa shape index (κ1) is 20.7. The number of ether oxygens (including phenoxy) is 1. The predicted molar refractivity (Wildman–Crippen MR) is 115 cm³/mol. The van der Waals surface area contributed by atoms with Crippen LogP contribution in [0, 0.1) is 11.7 Å². The third-order valence-electron chi connectivity index (χ3n) is 7.58. The molecule has 3 amide bonds. The van der Waals surface area contributed by atoms with Gasteiger partial charge in [0.05, 0.1) is 17.8 Å². The number of piperidine rings is 1. The molecule has 2 aliphatic heterocycles. The van der Waals surface area contributed by atoms with Crippen LogP contribution in [0.3, 0.4) is 0 Å². The summed E-state index contributed by atoms with van der Waals surface area (Å²) in [5.41, 5.74) is 0.0660. The zero-order chi connectivity index (χ0) is 21.4. The number of nitrogens with zero attached hydrogens (tertiary/aromatic N) is 2. The van der Waals surface area contributed by atoms with Gasteiger partial charge in [-0.1, -0.05) is 31.4 Å². The summed E-state index contributed by atoms with van der Waals surface area (Å²) in [5, 5.41) is 2.67. The summed E-state index contributed by atoms with van der Waals surface area (Å²) in [4.78, 5) is 29.6. The van der Waals surface area contributed by atoms with Gasteiger partial charge in [0, 0.05) is 19.1 Å². The van der Waals surface area contributed by atoms with Crippen molar-refractivity contribution in [2.75, 3.05) is 25.0 Å². The van der Waals surface area contributed by atoms with Gasteiger partial charge < -0.3 is 19.9 Å². The molecule has 1 N–H and O–H groups in total. The number of β-lactam (4-membered cyclic amide) rings is 1. The van der Waals surface area contributed by atoms with E-state index in [0.717, 1.165) is 45.1 Å². The predicted octanol–water partition coefficient (Wildman–Crippen LogP) is 4.16. The molecule has 4 aliphatic rings. The molecular weight excluding hydrogens is 397 g/mol. The maximum atomic E-state index is 13.8. The van der Waals surface area contributed by atoms with E-state index in [1.807, 2.05) is 0 Å². The lowest BCUT2D eigenvalue weighted by Gasteiger charge is -2.62. The van der Waals surface area contributed by atoms with Crippen LogP contribution in [0.25, 0.3) is 0 Å². The first-order valence-electron chi connectivity index (χ1n) is 11.8. The number of hydrogen-bond acceptors (Lipinski definition) is 3. The van der Waals surface area contributed by atoms with E-state index in [0.29, 0.717) is 19.0 Å². The van der Waals surface area contributed by atoms with E-state index in [2.05, 4.69) is 10.2 Å². The molecule has 2 aliphatic carbocycles. The van der Waals surface area contributed by atoms with E-state index < -0.39 is 5.82 Å². The summed E-state index contributed by atoms with van der Waals surface area (Å²) < 4.78 is 20.0. The van der Waals surface area contributed by atoms with Gasteiger partial charge in [0.2, 0.25) is 0 Å². The lowest BCUT2D eigenvalue weighted by Crippen LogP contribution is -2.78. The molecular formula is C24H32FN3O3. The van der Waals surface area contributed by atoms with Crippen LogP contribution >= 0.6 is 0 Å². The minimum Gasteiger partial charge on any atom is -0.366 e. The van der Waals surface area contributed by atoms with Gasteiger partial charge in [-0.05, 0) is 56.6 Å². The highest BCUT2D eigenvalue weighted by atomic mass is 19.1. The molecule has 168 valence electrons. The molecule has 1 atom stereocenters. The van der Waals surface area contributed by atoms with Crippen molar-refractivity contribution in [1.82, 2.24) is 9.80 Å². The summed E-state index contributed by atoms with van der Waals surface area (Å²) in [6.07, 6.45) is 9.29. The number of nitrogens with one attached hydrogen (secondary N) is 1. The van der Waals surface area contributed by atoms with Gasteiger partial charge >= 0.3 is 6.03 Å². The van der Waals surface area contributed by atoms with Crippen LogP contribution in [0.5, 0.6) is 0 Å². The second-order valence-electron chi connectivity index (χ2n) is 9.66. The monoisotopic (exact) mass is 429 g/mol. The highest BCUT2D eigenvalue weighted by molar-refractivity contribution is 5.91. The third kappa shape index (κ3) is 3.93. The van der Waals surface area contributed by atoms with Crippen LogP contribution in [0.1, 0.15) is 57.8 Å². The van der Waals surface area contributed by atoms with Crippen molar-refractivity contribution in [3.05, 3.63) is 30.1 Å². The maximum Gasteiger partial charge on any atom is 0.321 e. The van der Waals surface area contributed by atoms with Gasteiger partial charge in [-0.3, -0.25) is 4.79 Å². The van der Waals surface area contributed by atoms with Crippen molar-refractivity contribution < 1.29 is 18.7 Å². The van der Waals surface area contributed by atoms with Gasteiger partial charge in [0.15, 0.2) is 6.10 Å². The Morgan fingerprint density at radius 2 is 1.81 bits per heavy atom. The van der Waals surface area contributed by atoms with E-state index in [1.165, 1.54) is 25.3 Å². The van der Waals surface area contributed by atoms with E-state index in [4.69, 9.17) is 4.74 Å². The molecule has 1 aromatic carbocycles. The van der Waals surface area contributed by atoms with E-state index >= 15 is 0 Å². The van der Waals surface area contributed by atoms with Gasteiger partial charge in [-0.15, -0.1) is 0 Å². The maximum absolute atomic E-state index is 13.8. The summed E-state index contributed by atoms with van der Waals surface area (Å²) in [5.74, 6) is 0.365. The smallest absolute Gasteiger partial charge is 0.321 e. The molecule has 7 heteroatoms. The van der Waals surface area contributed by atoms with E-state index in [9.17, 15) is 14.0 Å². The fraction of sp³-hybridized carbons (Fsp3) is 0.667. The largest absolute Gasteiger partial charge is 0.366 e. The molecule has 0 bridgehead atoms. The van der Waals surface area contributed by atoms with Gasteiger partial charge in [-0.2, -0.15) is 0 Å². The quantitative estimate of drug-likeness (QED) is 0.715. The third-order valence-corrected chi connectivity index (χ3v) is 7.58. The van der Waals surface area contributed by atoms with Gasteiger partial charge in [-0.25, -0.2) is 9.18 Å². The summed E-state index contributed by atoms with van der Waals surface area (Å²) >= 11 is 0. The number of urea groups is 1. The van der Waals surface area contributed by atoms with Crippen LogP contribution < -0.4 is 5.32 Å². The molecule has 5 rings (SSSR count). The number of carbonyl (C=O) groups excluding carboxylic acids is 2. The van der Waals surface area contributed by atoms with Crippen LogP contribution in [-0.2, 0) is 9.53 Å². The Labute approximate surface area is 183 Å². The molecule has 2 saturated heterocycles. The first-order valence-corrected chi connectivity index (χ1v) is 11.8. The number of likely N-dealkylation sites (tertiary alicyclic amines) is 2. The number of rotatable bonds is 5. The molecule has 2 saturated carbocycles. The number of para-hydroxylation sites is 1. The van der Waals surface area contributed by atoms with Crippen molar-refractivity contribution in [3.8, 4) is 0 Å². The van der Waals surface area contributed by atoms with E-state index in [-0.39, 0.29) is 35.3 Å². The standard InChI is InChI=1S/C24H32FN3O3/c25-19-6-2-3-7-20(19)26-23(30)27-14-10-18(11-15-27)28-22(29)21(31-16-17-8-9-17)24(28)12-4-1-5-13-24/h2-3,6-7,17-18,21H,1,4-5,8-16H2,(H,26,30). The highest BCUT2D eigenvalue weighted by Crippen LogP contribution is 2.48. The first-order chi connectivity index (χ1) is 15.1. The fourth-order valence-electron chi connectivity index (χ4n) is 5.67. The molecule has 1 spiro atoms. The van der Waals surface area contributed by atoms with Crippen molar-refractivity contribution >= 4 is 17.6 Å². The second kappa shape index (κ2) is 8.41. The van der Waals surface area contributed by atoms with Crippen molar-refractivity contribution in [3.63, 3.8) is 0 Å². The van der Waals surface area contributed by atoms with Crippen LogP contribution in [0.2, 0.25) is 0 Å². The van der Waals surface area contributed by atoms with Gasteiger partial charge in [0.25, 0.3) is 5.91 Å². The molecule has 1 unspecified atom stereocenters. The number of anilines is 1. The average Bonchev–Trinajstić information content (AvgIpc) is 3.61. The fourth-order valence-corrected chi connectivity index (χ4v) is 5.67. The summed E-state index contributed by atoms with van der Waals surface area (Å²) in [6.45, 7) is 1.86. The van der Waals surface area contributed by atoms with Crippen molar-refractivity contribution in [2.24, 2.45) is 5.92 Å². The normalized spacial score (nSPS) is 26.1. The zero-order valence-corrected chi connectivity index (χ0v) is 18.0. The van der Waals surface area contributed by atoms with Crippen LogP contribution in [0.15, 0.2) is 24.3 Å². The minimum absolute atomic E-state index is 0.132. The second-order valence-corrected chi connectivity index (χ2v) is 9.66. The van der Waals surface area contributed by atoms with Gasteiger partial charge in [0.1, 0.15) is 5.82 Å². The Bertz CT molecular complexity index is 829. The molecule has 6 nitrogen and oxygen atoms in total. The molecule has 4 fully saturated rings. The summed E-state index contributed by atoms with van der Waals surface area (Å²) in [6, 6.07) is 6.07. The van der Waals surface area contributed by atoms with Crippen molar-refractivity contribution in [1.29, 1.82) is 0 Å². The molecule has 1 aromatic rings. The Hall–Kier alpha value is -2.15. The highest BCUT2D eigenvalue weighted by Gasteiger charge is 2.62. The lowest BCUT2D eigenvalue weighted by molar-refractivity contribution is -0.211. The minimum atomic E-state index is -0.437. The molecule has 0 aromatic heterocycles. The Morgan fingerprint density at radius 3 is 2.48 bits per heavy atom. The average molecular weight is 430 g/mol.